The van der Waals surface area contributed by atoms with Gasteiger partial charge in [0.2, 0.25) is 0 Å². The Morgan fingerprint density at radius 3 is 2.83 bits per heavy atom. The Bertz CT molecular complexity index is 522. The van der Waals surface area contributed by atoms with Crippen LogP contribution in [0.25, 0.3) is 0 Å². The number of hydrogen-bond acceptors (Lipinski definition) is 3. The fraction of sp³-hybridized carbons (Fsp3) is 0.143. The number of benzene rings is 1. The lowest BCUT2D eigenvalue weighted by Gasteiger charge is -2.10. The molecule has 1 aromatic heterocycles. The summed E-state index contributed by atoms with van der Waals surface area (Å²) >= 11 is 7.05. The number of para-hydroxylation sites is 1. The summed E-state index contributed by atoms with van der Waals surface area (Å²) in [6.07, 6.45) is 1.93. The van der Waals surface area contributed by atoms with Crippen LogP contribution < -0.4 is 5.32 Å². The molecule has 0 aliphatic heterocycles. The lowest BCUT2D eigenvalue weighted by molar-refractivity contribution is 1.17. The van der Waals surface area contributed by atoms with Crippen molar-refractivity contribution < 1.29 is 0 Å². The first-order valence-corrected chi connectivity index (χ1v) is 8.20. The second-order valence-electron chi connectivity index (χ2n) is 3.66. The molecule has 0 bridgehead atoms. The van der Waals surface area contributed by atoms with Gasteiger partial charge >= 0.3 is 0 Å². The van der Waals surface area contributed by atoms with Gasteiger partial charge in [-0.3, -0.25) is 0 Å². The maximum absolute atomic E-state index is 3.76. The SMILES string of the molecule is C=CCSc1ccccc1NCc1ccc(Br)s1. The zero-order valence-corrected chi connectivity index (χ0v) is 13.1. The molecule has 0 aliphatic rings. The highest BCUT2D eigenvalue weighted by Crippen LogP contribution is 2.28. The van der Waals surface area contributed by atoms with E-state index < -0.39 is 0 Å². The molecule has 1 aromatic carbocycles. The molecule has 1 nitrogen and oxygen atoms in total. The normalized spacial score (nSPS) is 10.3. The number of anilines is 1. The molecular formula is C14H14BrNS2. The molecule has 4 heteroatoms. The fourth-order valence-corrected chi connectivity index (χ4v) is 3.71. The average Bonchev–Trinajstić information content (AvgIpc) is 2.81. The van der Waals surface area contributed by atoms with Crippen molar-refractivity contribution in [3.05, 3.63) is 57.7 Å². The van der Waals surface area contributed by atoms with Crippen LogP contribution in [0.4, 0.5) is 5.69 Å². The summed E-state index contributed by atoms with van der Waals surface area (Å²) in [7, 11) is 0. The summed E-state index contributed by atoms with van der Waals surface area (Å²) in [5.41, 5.74) is 1.19. The van der Waals surface area contributed by atoms with Gasteiger partial charge in [0.25, 0.3) is 0 Å². The number of thiophene rings is 1. The van der Waals surface area contributed by atoms with E-state index in [-0.39, 0.29) is 0 Å². The van der Waals surface area contributed by atoms with Gasteiger partial charge in [0.05, 0.1) is 3.79 Å². The van der Waals surface area contributed by atoms with Crippen molar-refractivity contribution in [2.45, 2.75) is 11.4 Å². The second-order valence-corrected chi connectivity index (χ2v) is 7.26. The third kappa shape index (κ3) is 3.90. The van der Waals surface area contributed by atoms with Crippen LogP contribution in [-0.2, 0) is 6.54 Å². The molecule has 2 rings (SSSR count). The predicted molar refractivity (Wildman–Crippen MR) is 86.7 cm³/mol. The molecule has 18 heavy (non-hydrogen) atoms. The maximum Gasteiger partial charge on any atom is 0.0702 e. The largest absolute Gasteiger partial charge is 0.379 e. The summed E-state index contributed by atoms with van der Waals surface area (Å²) in [6, 6.07) is 12.6. The van der Waals surface area contributed by atoms with Crippen molar-refractivity contribution in [1.29, 1.82) is 0 Å². The maximum atomic E-state index is 3.76. The number of hydrogen-bond donors (Lipinski definition) is 1. The van der Waals surface area contributed by atoms with Gasteiger partial charge in [0.15, 0.2) is 0 Å². The fourth-order valence-electron chi connectivity index (χ4n) is 1.52. The van der Waals surface area contributed by atoms with Gasteiger partial charge in [-0.25, -0.2) is 0 Å². The van der Waals surface area contributed by atoms with Gasteiger partial charge in [0.1, 0.15) is 0 Å². The van der Waals surface area contributed by atoms with Crippen LogP contribution in [0, 0.1) is 0 Å². The minimum atomic E-state index is 0.863. The molecule has 0 radical (unpaired) electrons. The molecule has 0 atom stereocenters. The predicted octanol–water partition coefficient (Wildman–Crippen LogP) is 5.40. The Kier molecular flexibility index (Phi) is 5.35. The lowest BCUT2D eigenvalue weighted by Crippen LogP contribution is -1.98. The van der Waals surface area contributed by atoms with Crippen LogP contribution >= 0.6 is 39.0 Å². The van der Waals surface area contributed by atoms with Crippen LogP contribution in [0.5, 0.6) is 0 Å². The standard InChI is InChI=1S/C14H14BrNS2/c1-2-9-17-13-6-4-3-5-12(13)16-10-11-7-8-14(15)18-11/h2-8,16H,1,9-10H2. The quantitative estimate of drug-likeness (QED) is 0.558. The Morgan fingerprint density at radius 2 is 2.11 bits per heavy atom. The number of rotatable bonds is 6. The highest BCUT2D eigenvalue weighted by molar-refractivity contribution is 9.11. The summed E-state index contributed by atoms with van der Waals surface area (Å²) in [5.74, 6) is 0.934. The van der Waals surface area contributed by atoms with E-state index in [0.29, 0.717) is 0 Å². The number of thioether (sulfide) groups is 1. The highest BCUT2D eigenvalue weighted by Gasteiger charge is 2.02. The average molecular weight is 340 g/mol. The Hall–Kier alpha value is -0.710. The minimum absolute atomic E-state index is 0.863. The first-order chi connectivity index (χ1) is 8.79. The summed E-state index contributed by atoms with van der Waals surface area (Å²) < 4.78 is 1.17. The van der Waals surface area contributed by atoms with Crippen LogP contribution in [0.1, 0.15) is 4.88 Å². The van der Waals surface area contributed by atoms with Crippen molar-refractivity contribution in [2.75, 3.05) is 11.1 Å². The molecular weight excluding hydrogens is 326 g/mol. The molecule has 94 valence electrons. The third-order valence-corrected chi connectivity index (χ3v) is 5.02. The molecule has 0 spiro atoms. The van der Waals surface area contributed by atoms with Gasteiger partial charge in [-0.15, -0.1) is 29.7 Å². The van der Waals surface area contributed by atoms with E-state index in [1.54, 1.807) is 23.1 Å². The van der Waals surface area contributed by atoms with Crippen molar-refractivity contribution >= 4 is 44.7 Å². The van der Waals surface area contributed by atoms with Crippen molar-refractivity contribution in [3.8, 4) is 0 Å². The third-order valence-electron chi connectivity index (χ3n) is 2.33. The van der Waals surface area contributed by atoms with E-state index in [1.807, 2.05) is 6.08 Å². The van der Waals surface area contributed by atoms with Crippen LogP contribution in [0.3, 0.4) is 0 Å². The van der Waals surface area contributed by atoms with E-state index in [2.05, 4.69) is 64.2 Å². The van der Waals surface area contributed by atoms with Gasteiger partial charge in [-0.1, -0.05) is 18.2 Å². The van der Waals surface area contributed by atoms with E-state index >= 15 is 0 Å². The zero-order valence-electron chi connectivity index (χ0n) is 9.86. The molecule has 0 aliphatic carbocycles. The van der Waals surface area contributed by atoms with E-state index in [4.69, 9.17) is 0 Å². The molecule has 0 saturated heterocycles. The van der Waals surface area contributed by atoms with Crippen LogP contribution in [0.2, 0.25) is 0 Å². The van der Waals surface area contributed by atoms with E-state index in [1.165, 1.54) is 19.2 Å². The zero-order chi connectivity index (χ0) is 12.8. The molecule has 0 unspecified atom stereocenters. The lowest BCUT2D eigenvalue weighted by atomic mass is 10.3. The van der Waals surface area contributed by atoms with Crippen molar-refractivity contribution in [3.63, 3.8) is 0 Å². The van der Waals surface area contributed by atoms with Gasteiger partial charge in [0, 0.05) is 27.8 Å². The smallest absolute Gasteiger partial charge is 0.0702 e. The van der Waals surface area contributed by atoms with Crippen molar-refractivity contribution in [2.24, 2.45) is 0 Å². The van der Waals surface area contributed by atoms with Crippen LogP contribution in [-0.4, -0.2) is 5.75 Å². The Morgan fingerprint density at radius 1 is 1.28 bits per heavy atom. The molecule has 0 amide bonds. The van der Waals surface area contributed by atoms with Crippen LogP contribution in [0.15, 0.2) is 57.7 Å². The van der Waals surface area contributed by atoms with Gasteiger partial charge in [-0.2, -0.15) is 0 Å². The number of nitrogens with one attached hydrogen (secondary N) is 1. The second kappa shape index (κ2) is 7.02. The topological polar surface area (TPSA) is 12.0 Å². The molecule has 0 saturated carbocycles. The molecule has 1 N–H and O–H groups in total. The molecule has 0 fully saturated rings. The first-order valence-electron chi connectivity index (χ1n) is 5.60. The van der Waals surface area contributed by atoms with E-state index in [9.17, 15) is 0 Å². The molecule has 1 heterocycles. The van der Waals surface area contributed by atoms with E-state index in [0.717, 1.165) is 12.3 Å². The number of halogens is 1. The Balaban J connectivity index is 2.01. The van der Waals surface area contributed by atoms with Gasteiger partial charge < -0.3 is 5.32 Å². The summed E-state index contributed by atoms with van der Waals surface area (Å²) in [6.45, 7) is 4.62. The minimum Gasteiger partial charge on any atom is -0.379 e. The highest BCUT2D eigenvalue weighted by atomic mass is 79.9. The van der Waals surface area contributed by atoms with Crippen molar-refractivity contribution in [1.82, 2.24) is 0 Å². The first kappa shape index (κ1) is 13.7. The van der Waals surface area contributed by atoms with Gasteiger partial charge in [-0.05, 0) is 40.2 Å². The Labute approximate surface area is 124 Å². The molecule has 2 aromatic rings. The summed E-state index contributed by atoms with van der Waals surface area (Å²) in [5, 5.41) is 3.49. The summed E-state index contributed by atoms with van der Waals surface area (Å²) in [4.78, 5) is 2.60. The monoisotopic (exact) mass is 339 g/mol.